The number of amides is 1. The lowest BCUT2D eigenvalue weighted by Gasteiger charge is -2.16. The summed E-state index contributed by atoms with van der Waals surface area (Å²) in [6.07, 6.45) is 0. The summed E-state index contributed by atoms with van der Waals surface area (Å²) in [5.74, 6) is -2.72. The lowest BCUT2D eigenvalue weighted by molar-refractivity contribution is 0.0939. The van der Waals surface area contributed by atoms with Gasteiger partial charge in [0.05, 0.1) is 11.6 Å². The Balaban J connectivity index is 2.23. The van der Waals surface area contributed by atoms with E-state index in [-0.39, 0.29) is 16.8 Å². The molecule has 0 spiro atoms. The molecule has 0 fully saturated rings. The molecule has 6 heteroatoms. The van der Waals surface area contributed by atoms with E-state index in [0.29, 0.717) is 0 Å². The van der Waals surface area contributed by atoms with Crippen molar-refractivity contribution in [2.45, 2.75) is 13.0 Å². The Kier molecular flexibility index (Phi) is 4.16. The number of benzene rings is 2. The van der Waals surface area contributed by atoms with E-state index in [2.05, 4.69) is 5.32 Å². The summed E-state index contributed by atoms with van der Waals surface area (Å²) in [6.45, 7) is 1.44. The molecular formula is C15H13F3N2O. The smallest absolute Gasteiger partial charge is 0.253 e. The average molecular weight is 294 g/mol. The molecule has 0 aliphatic carbocycles. The first kappa shape index (κ1) is 14.9. The highest BCUT2D eigenvalue weighted by atomic mass is 19.1. The first-order valence-corrected chi connectivity index (χ1v) is 6.20. The molecule has 3 nitrogen and oxygen atoms in total. The van der Waals surface area contributed by atoms with Crippen LogP contribution in [0.15, 0.2) is 36.4 Å². The molecule has 1 amide bonds. The summed E-state index contributed by atoms with van der Waals surface area (Å²) >= 11 is 0. The number of nitrogen functional groups attached to an aromatic ring is 1. The van der Waals surface area contributed by atoms with Crippen LogP contribution in [0.3, 0.4) is 0 Å². The minimum Gasteiger partial charge on any atom is -0.398 e. The second-order valence-electron chi connectivity index (χ2n) is 4.56. The van der Waals surface area contributed by atoms with Crippen LogP contribution in [0.5, 0.6) is 0 Å². The van der Waals surface area contributed by atoms with Gasteiger partial charge in [-0.05, 0) is 37.3 Å². The van der Waals surface area contributed by atoms with E-state index >= 15 is 0 Å². The zero-order valence-electron chi connectivity index (χ0n) is 11.2. The third-order valence-corrected chi connectivity index (χ3v) is 3.04. The van der Waals surface area contributed by atoms with Crippen LogP contribution in [-0.2, 0) is 0 Å². The molecule has 0 saturated carbocycles. The van der Waals surface area contributed by atoms with Crippen LogP contribution < -0.4 is 11.1 Å². The molecule has 2 rings (SSSR count). The molecule has 1 unspecified atom stereocenters. The lowest BCUT2D eigenvalue weighted by Crippen LogP contribution is -2.28. The highest BCUT2D eigenvalue weighted by Gasteiger charge is 2.19. The van der Waals surface area contributed by atoms with E-state index in [1.165, 1.54) is 19.1 Å². The fourth-order valence-corrected chi connectivity index (χ4v) is 2.01. The Morgan fingerprint density at radius 2 is 1.76 bits per heavy atom. The van der Waals surface area contributed by atoms with Crippen molar-refractivity contribution in [1.82, 2.24) is 5.32 Å². The van der Waals surface area contributed by atoms with E-state index in [0.717, 1.165) is 24.3 Å². The summed E-state index contributed by atoms with van der Waals surface area (Å²) in [7, 11) is 0. The van der Waals surface area contributed by atoms with Gasteiger partial charge in [-0.15, -0.1) is 0 Å². The van der Waals surface area contributed by atoms with Gasteiger partial charge in [-0.25, -0.2) is 13.2 Å². The van der Waals surface area contributed by atoms with Gasteiger partial charge < -0.3 is 11.1 Å². The number of hydrogen-bond acceptors (Lipinski definition) is 2. The molecule has 110 valence electrons. The quantitative estimate of drug-likeness (QED) is 0.854. The predicted octanol–water partition coefficient (Wildman–Crippen LogP) is 3.18. The minimum absolute atomic E-state index is 0.0417. The maximum Gasteiger partial charge on any atom is 0.253 e. The van der Waals surface area contributed by atoms with Gasteiger partial charge in [-0.3, -0.25) is 4.79 Å². The maximum atomic E-state index is 13.6. The van der Waals surface area contributed by atoms with Crippen LogP contribution in [0.1, 0.15) is 28.9 Å². The third-order valence-electron chi connectivity index (χ3n) is 3.04. The molecule has 2 aromatic rings. The zero-order valence-corrected chi connectivity index (χ0v) is 11.2. The van der Waals surface area contributed by atoms with E-state index < -0.39 is 29.4 Å². The summed E-state index contributed by atoms with van der Waals surface area (Å²) in [5, 5.41) is 2.43. The van der Waals surface area contributed by atoms with E-state index in [4.69, 9.17) is 5.73 Å². The number of carbonyl (C=O) groups excluding carboxylic acids is 1. The highest BCUT2D eigenvalue weighted by molar-refractivity contribution is 5.99. The number of carbonyl (C=O) groups is 1. The first-order chi connectivity index (χ1) is 9.90. The Morgan fingerprint density at radius 3 is 2.33 bits per heavy atom. The van der Waals surface area contributed by atoms with Crippen molar-refractivity contribution >= 4 is 11.6 Å². The second-order valence-corrected chi connectivity index (χ2v) is 4.56. The molecule has 2 aromatic carbocycles. The van der Waals surface area contributed by atoms with E-state index in [1.807, 2.05) is 0 Å². The second kappa shape index (κ2) is 5.87. The molecule has 0 heterocycles. The number of hydrogen-bond donors (Lipinski definition) is 2. The van der Waals surface area contributed by atoms with Gasteiger partial charge in [0.1, 0.15) is 17.5 Å². The molecule has 0 aliphatic rings. The van der Waals surface area contributed by atoms with Gasteiger partial charge in [0, 0.05) is 11.3 Å². The fraction of sp³-hybridized carbons (Fsp3) is 0.133. The molecule has 0 aliphatic heterocycles. The third kappa shape index (κ3) is 3.16. The van der Waals surface area contributed by atoms with Crippen LogP contribution in [0.4, 0.5) is 18.9 Å². The largest absolute Gasteiger partial charge is 0.398 e. The molecule has 0 saturated heterocycles. The fourth-order valence-electron chi connectivity index (χ4n) is 2.01. The summed E-state index contributed by atoms with van der Waals surface area (Å²) < 4.78 is 40.2. The topological polar surface area (TPSA) is 55.1 Å². The van der Waals surface area contributed by atoms with Crippen LogP contribution in [0, 0.1) is 17.5 Å². The highest BCUT2D eigenvalue weighted by Crippen LogP contribution is 2.21. The van der Waals surface area contributed by atoms with Gasteiger partial charge in [-0.2, -0.15) is 0 Å². The van der Waals surface area contributed by atoms with Crippen LogP contribution in [0.25, 0.3) is 0 Å². The predicted molar refractivity (Wildman–Crippen MR) is 73.1 cm³/mol. The van der Waals surface area contributed by atoms with Gasteiger partial charge >= 0.3 is 0 Å². The standard InChI is InChI=1S/C15H13F3N2O/c1-8(14-11(17)3-2-4-12(14)18)20-15(21)10-6-5-9(16)7-13(10)19/h2-8H,19H2,1H3,(H,20,21). The van der Waals surface area contributed by atoms with Crippen molar-refractivity contribution in [2.24, 2.45) is 0 Å². The first-order valence-electron chi connectivity index (χ1n) is 6.20. The lowest BCUT2D eigenvalue weighted by atomic mass is 10.1. The molecular weight excluding hydrogens is 281 g/mol. The normalized spacial score (nSPS) is 12.0. The van der Waals surface area contributed by atoms with Crippen molar-refractivity contribution in [3.8, 4) is 0 Å². The van der Waals surface area contributed by atoms with Gasteiger partial charge in [0.2, 0.25) is 0 Å². The number of anilines is 1. The molecule has 0 aromatic heterocycles. The Hall–Kier alpha value is -2.50. The summed E-state index contributed by atoms with van der Waals surface area (Å²) in [6, 6.07) is 5.84. The van der Waals surface area contributed by atoms with Gasteiger partial charge in [0.15, 0.2) is 0 Å². The van der Waals surface area contributed by atoms with Crippen LogP contribution >= 0.6 is 0 Å². The Morgan fingerprint density at radius 1 is 1.14 bits per heavy atom. The minimum atomic E-state index is -0.900. The number of nitrogens with two attached hydrogens (primary N) is 1. The Bertz CT molecular complexity index is 668. The molecule has 0 bridgehead atoms. The van der Waals surface area contributed by atoms with E-state index in [1.54, 1.807) is 0 Å². The van der Waals surface area contributed by atoms with Crippen molar-refractivity contribution in [3.05, 3.63) is 65.0 Å². The van der Waals surface area contributed by atoms with Crippen molar-refractivity contribution in [2.75, 3.05) is 5.73 Å². The van der Waals surface area contributed by atoms with Crippen molar-refractivity contribution < 1.29 is 18.0 Å². The average Bonchev–Trinajstić information content (AvgIpc) is 2.37. The molecule has 21 heavy (non-hydrogen) atoms. The maximum absolute atomic E-state index is 13.6. The Labute approximate surface area is 119 Å². The molecule has 1 atom stereocenters. The van der Waals surface area contributed by atoms with Gasteiger partial charge in [0.25, 0.3) is 5.91 Å². The number of nitrogens with one attached hydrogen (secondary N) is 1. The summed E-state index contributed by atoms with van der Waals surface area (Å²) in [4.78, 5) is 12.0. The zero-order chi connectivity index (χ0) is 15.6. The van der Waals surface area contributed by atoms with E-state index in [9.17, 15) is 18.0 Å². The number of halogens is 3. The molecule has 0 radical (unpaired) electrons. The van der Waals surface area contributed by atoms with Gasteiger partial charge in [-0.1, -0.05) is 6.07 Å². The SMILES string of the molecule is CC(NC(=O)c1ccc(F)cc1N)c1c(F)cccc1F. The van der Waals surface area contributed by atoms with Crippen molar-refractivity contribution in [3.63, 3.8) is 0 Å². The number of rotatable bonds is 3. The van der Waals surface area contributed by atoms with Crippen molar-refractivity contribution in [1.29, 1.82) is 0 Å². The summed E-state index contributed by atoms with van der Waals surface area (Å²) in [5.41, 5.74) is 5.30. The van der Waals surface area contributed by atoms with Crippen LogP contribution in [0.2, 0.25) is 0 Å². The van der Waals surface area contributed by atoms with Crippen LogP contribution in [-0.4, -0.2) is 5.91 Å². The molecule has 3 N–H and O–H groups in total. The monoisotopic (exact) mass is 294 g/mol.